The Morgan fingerprint density at radius 2 is 2.33 bits per heavy atom. The molecular weight excluding hydrogens is 154 g/mol. The minimum Gasteiger partial charge on any atom is -0.481 e. The summed E-state index contributed by atoms with van der Waals surface area (Å²) in [5.41, 5.74) is 0. The molecule has 0 amide bonds. The molecule has 0 aromatic carbocycles. The monoisotopic (exact) mass is 171 g/mol. The van der Waals surface area contributed by atoms with Crippen molar-refractivity contribution in [2.75, 3.05) is 6.54 Å². The van der Waals surface area contributed by atoms with Crippen LogP contribution in [-0.4, -0.2) is 34.6 Å². The molecule has 1 fully saturated rings. The van der Waals surface area contributed by atoms with Gasteiger partial charge >= 0.3 is 5.97 Å². The first-order valence-electron chi connectivity index (χ1n) is 4.59. The fourth-order valence-electron chi connectivity index (χ4n) is 1.96. The molecule has 3 nitrogen and oxygen atoms in total. The molecule has 1 N–H and O–H groups in total. The van der Waals surface area contributed by atoms with Gasteiger partial charge in [-0.15, -0.1) is 0 Å². The smallest absolute Gasteiger partial charge is 0.304 e. The molecule has 1 atom stereocenters. The average Bonchev–Trinajstić information content (AvgIpc) is 2.33. The van der Waals surface area contributed by atoms with Crippen molar-refractivity contribution in [2.45, 2.75) is 45.2 Å². The number of carbonyl (C=O) groups is 1. The highest BCUT2D eigenvalue weighted by Crippen LogP contribution is 2.22. The van der Waals surface area contributed by atoms with E-state index in [1.54, 1.807) is 0 Å². The van der Waals surface area contributed by atoms with Gasteiger partial charge in [0, 0.05) is 12.1 Å². The second-order valence-corrected chi connectivity index (χ2v) is 3.73. The van der Waals surface area contributed by atoms with Crippen LogP contribution < -0.4 is 0 Å². The van der Waals surface area contributed by atoms with Crippen molar-refractivity contribution in [3.63, 3.8) is 0 Å². The van der Waals surface area contributed by atoms with E-state index in [2.05, 4.69) is 18.7 Å². The highest BCUT2D eigenvalue weighted by Gasteiger charge is 2.27. The van der Waals surface area contributed by atoms with Crippen LogP contribution in [-0.2, 0) is 4.79 Å². The lowest BCUT2D eigenvalue weighted by Gasteiger charge is -2.26. The van der Waals surface area contributed by atoms with Gasteiger partial charge in [0.25, 0.3) is 0 Å². The number of hydrogen-bond acceptors (Lipinski definition) is 2. The van der Waals surface area contributed by atoms with E-state index >= 15 is 0 Å². The van der Waals surface area contributed by atoms with Crippen LogP contribution in [0, 0.1) is 0 Å². The number of rotatable bonds is 3. The van der Waals surface area contributed by atoms with Crippen LogP contribution in [0.2, 0.25) is 0 Å². The third-order valence-electron chi connectivity index (χ3n) is 2.50. The molecule has 0 bridgehead atoms. The molecule has 1 aliphatic heterocycles. The first kappa shape index (κ1) is 9.52. The van der Waals surface area contributed by atoms with Crippen LogP contribution in [0.5, 0.6) is 0 Å². The molecule has 70 valence electrons. The summed E-state index contributed by atoms with van der Waals surface area (Å²) in [5, 5.41) is 8.65. The van der Waals surface area contributed by atoms with Gasteiger partial charge < -0.3 is 5.11 Å². The molecule has 3 heteroatoms. The first-order valence-corrected chi connectivity index (χ1v) is 4.59. The zero-order chi connectivity index (χ0) is 9.14. The number of carboxylic acids is 1. The summed E-state index contributed by atoms with van der Waals surface area (Å²) in [6, 6.07) is 0.763. The van der Waals surface area contributed by atoms with E-state index in [4.69, 9.17) is 5.11 Å². The number of hydrogen-bond donors (Lipinski definition) is 1. The predicted molar refractivity (Wildman–Crippen MR) is 47.1 cm³/mol. The molecule has 1 saturated heterocycles. The molecule has 0 unspecified atom stereocenters. The van der Waals surface area contributed by atoms with Crippen molar-refractivity contribution in [3.05, 3.63) is 0 Å². The van der Waals surface area contributed by atoms with Gasteiger partial charge in [-0.3, -0.25) is 9.69 Å². The van der Waals surface area contributed by atoms with Gasteiger partial charge in [0.05, 0.1) is 6.42 Å². The Labute approximate surface area is 73.4 Å². The number of aliphatic carboxylic acids is 1. The lowest BCUT2D eigenvalue weighted by molar-refractivity contribution is -0.138. The SMILES string of the molecule is CC(C)N1CCC[C@H]1CC(=O)O. The van der Waals surface area contributed by atoms with E-state index < -0.39 is 5.97 Å². The van der Waals surface area contributed by atoms with Crippen molar-refractivity contribution >= 4 is 5.97 Å². The molecule has 0 saturated carbocycles. The van der Waals surface area contributed by atoms with Gasteiger partial charge in [0.15, 0.2) is 0 Å². The minimum absolute atomic E-state index is 0.280. The number of carboxylic acid groups (broad SMARTS) is 1. The first-order chi connectivity index (χ1) is 5.61. The van der Waals surface area contributed by atoms with Crippen LogP contribution >= 0.6 is 0 Å². The lowest BCUT2D eigenvalue weighted by Crippen LogP contribution is -2.36. The lowest BCUT2D eigenvalue weighted by atomic mass is 10.1. The minimum atomic E-state index is -0.674. The third kappa shape index (κ3) is 2.21. The predicted octanol–water partition coefficient (Wildman–Crippen LogP) is 1.33. The van der Waals surface area contributed by atoms with Gasteiger partial charge in [-0.2, -0.15) is 0 Å². The van der Waals surface area contributed by atoms with Gasteiger partial charge in [0.1, 0.15) is 0 Å². The molecule has 1 heterocycles. The van der Waals surface area contributed by atoms with Gasteiger partial charge in [-0.05, 0) is 33.2 Å². The zero-order valence-electron chi connectivity index (χ0n) is 7.79. The van der Waals surface area contributed by atoms with Crippen LogP contribution in [0.15, 0.2) is 0 Å². The van der Waals surface area contributed by atoms with E-state index in [9.17, 15) is 4.79 Å². The molecule has 0 aliphatic carbocycles. The normalized spacial score (nSPS) is 25.1. The Morgan fingerprint density at radius 3 is 2.83 bits per heavy atom. The van der Waals surface area contributed by atoms with Crippen molar-refractivity contribution in [1.29, 1.82) is 0 Å². The Balaban J connectivity index is 2.46. The Kier molecular flexibility index (Phi) is 3.09. The van der Waals surface area contributed by atoms with E-state index in [0.717, 1.165) is 19.4 Å². The van der Waals surface area contributed by atoms with E-state index in [-0.39, 0.29) is 6.04 Å². The topological polar surface area (TPSA) is 40.5 Å². The average molecular weight is 171 g/mol. The summed E-state index contributed by atoms with van der Waals surface area (Å²) >= 11 is 0. The highest BCUT2D eigenvalue weighted by atomic mass is 16.4. The fourth-order valence-corrected chi connectivity index (χ4v) is 1.96. The largest absolute Gasteiger partial charge is 0.481 e. The molecule has 1 aliphatic rings. The van der Waals surface area contributed by atoms with Crippen LogP contribution in [0.3, 0.4) is 0 Å². The highest BCUT2D eigenvalue weighted by molar-refractivity contribution is 5.67. The van der Waals surface area contributed by atoms with E-state index in [1.807, 2.05) is 0 Å². The number of nitrogens with zero attached hydrogens (tertiary/aromatic N) is 1. The molecule has 0 aromatic rings. The Bertz CT molecular complexity index is 168. The van der Waals surface area contributed by atoms with Gasteiger partial charge in [0.2, 0.25) is 0 Å². The summed E-state index contributed by atoms with van der Waals surface area (Å²) in [4.78, 5) is 12.8. The third-order valence-corrected chi connectivity index (χ3v) is 2.50. The summed E-state index contributed by atoms with van der Waals surface area (Å²) in [6.07, 6.45) is 2.50. The van der Waals surface area contributed by atoms with E-state index in [0.29, 0.717) is 12.5 Å². The summed E-state index contributed by atoms with van der Waals surface area (Å²) < 4.78 is 0. The molecule has 12 heavy (non-hydrogen) atoms. The molecule has 0 spiro atoms. The summed E-state index contributed by atoms with van der Waals surface area (Å²) in [5.74, 6) is -0.674. The standard InChI is InChI=1S/C9H17NO2/c1-7(2)10-5-3-4-8(10)6-9(11)12/h7-8H,3-6H2,1-2H3,(H,11,12)/t8-/m0/s1. The fraction of sp³-hybridized carbons (Fsp3) is 0.889. The summed E-state index contributed by atoms with van der Waals surface area (Å²) in [7, 11) is 0. The second-order valence-electron chi connectivity index (χ2n) is 3.73. The van der Waals surface area contributed by atoms with E-state index in [1.165, 1.54) is 0 Å². The van der Waals surface area contributed by atoms with Crippen molar-refractivity contribution < 1.29 is 9.90 Å². The number of likely N-dealkylation sites (tertiary alicyclic amines) is 1. The van der Waals surface area contributed by atoms with Crippen LogP contribution in [0.1, 0.15) is 33.1 Å². The van der Waals surface area contributed by atoms with Gasteiger partial charge in [-0.1, -0.05) is 0 Å². The van der Waals surface area contributed by atoms with Crippen LogP contribution in [0.25, 0.3) is 0 Å². The summed E-state index contributed by atoms with van der Waals surface area (Å²) in [6.45, 7) is 5.32. The second kappa shape index (κ2) is 3.90. The Hall–Kier alpha value is -0.570. The maximum atomic E-state index is 10.5. The maximum Gasteiger partial charge on any atom is 0.304 e. The molecule has 0 radical (unpaired) electrons. The van der Waals surface area contributed by atoms with Crippen molar-refractivity contribution in [3.8, 4) is 0 Å². The van der Waals surface area contributed by atoms with Crippen molar-refractivity contribution in [2.24, 2.45) is 0 Å². The quantitative estimate of drug-likeness (QED) is 0.696. The van der Waals surface area contributed by atoms with Crippen molar-refractivity contribution in [1.82, 2.24) is 4.90 Å². The molecular formula is C9H17NO2. The molecule has 1 rings (SSSR count). The Morgan fingerprint density at radius 1 is 1.67 bits per heavy atom. The zero-order valence-corrected chi connectivity index (χ0v) is 7.79. The molecule has 0 aromatic heterocycles. The van der Waals surface area contributed by atoms with Crippen LogP contribution in [0.4, 0.5) is 0 Å². The maximum absolute atomic E-state index is 10.5. The van der Waals surface area contributed by atoms with Gasteiger partial charge in [-0.25, -0.2) is 0 Å².